The lowest BCUT2D eigenvalue weighted by atomic mass is 9.95. The number of rotatable bonds is 3. The molecule has 2 aliphatic rings. The lowest BCUT2D eigenvalue weighted by molar-refractivity contribution is -0.138. The number of aryl methyl sites for hydroxylation is 2. The smallest absolute Gasteiger partial charge is 0.417 e. The summed E-state index contributed by atoms with van der Waals surface area (Å²) in [6.45, 7) is 4.50. The fourth-order valence-corrected chi connectivity index (χ4v) is 4.26. The van der Waals surface area contributed by atoms with Crippen LogP contribution >= 0.6 is 11.6 Å². The first-order chi connectivity index (χ1) is 14.2. The Balaban J connectivity index is 1.80. The van der Waals surface area contributed by atoms with E-state index in [1.807, 2.05) is 26.0 Å². The fourth-order valence-electron chi connectivity index (χ4n) is 4.09. The summed E-state index contributed by atoms with van der Waals surface area (Å²) in [4.78, 5) is 15.2. The minimum atomic E-state index is -4.66. The van der Waals surface area contributed by atoms with Crippen molar-refractivity contribution < 1.29 is 22.7 Å². The molecule has 0 aromatic heterocycles. The van der Waals surface area contributed by atoms with E-state index in [0.717, 1.165) is 42.0 Å². The van der Waals surface area contributed by atoms with Crippen LogP contribution in [-0.2, 0) is 6.18 Å². The molecular weight excluding hydrogens is 415 g/mol. The van der Waals surface area contributed by atoms with Crippen molar-refractivity contribution in [2.24, 2.45) is 0 Å². The van der Waals surface area contributed by atoms with Gasteiger partial charge < -0.3 is 9.64 Å². The van der Waals surface area contributed by atoms with E-state index in [2.05, 4.69) is 0 Å². The second-order valence-corrected chi connectivity index (χ2v) is 8.55. The molecule has 0 bridgehead atoms. The molecule has 0 radical (unpaired) electrons. The molecule has 2 aromatic rings. The van der Waals surface area contributed by atoms with Crippen LogP contribution < -0.4 is 4.74 Å². The van der Waals surface area contributed by atoms with Gasteiger partial charge in [-0.05, 0) is 74.9 Å². The average molecular weight is 438 g/mol. The van der Waals surface area contributed by atoms with Crippen LogP contribution in [0.1, 0.15) is 64.3 Å². The van der Waals surface area contributed by atoms with Gasteiger partial charge in [0.05, 0.1) is 23.8 Å². The number of ether oxygens (including phenoxy) is 1. The Morgan fingerprint density at radius 1 is 1.10 bits per heavy atom. The Kier molecular flexibility index (Phi) is 5.47. The van der Waals surface area contributed by atoms with E-state index < -0.39 is 17.6 Å². The molecular formula is C23H23ClF3NO2. The molecule has 1 amide bonds. The van der Waals surface area contributed by atoms with E-state index in [0.29, 0.717) is 18.8 Å². The van der Waals surface area contributed by atoms with Crippen LogP contribution in [0.5, 0.6) is 5.75 Å². The maximum absolute atomic E-state index is 13.7. The molecule has 0 saturated heterocycles. The molecule has 1 atom stereocenters. The molecule has 0 N–H and O–H groups in total. The van der Waals surface area contributed by atoms with E-state index >= 15 is 0 Å². The van der Waals surface area contributed by atoms with Gasteiger partial charge in [0.15, 0.2) is 0 Å². The number of fused-ring (bicyclic) bond motifs is 1. The molecule has 30 heavy (non-hydrogen) atoms. The van der Waals surface area contributed by atoms with Crippen molar-refractivity contribution in [1.29, 1.82) is 0 Å². The summed E-state index contributed by atoms with van der Waals surface area (Å²) in [6.07, 6.45) is -1.72. The predicted molar refractivity (Wildman–Crippen MR) is 109 cm³/mol. The summed E-state index contributed by atoms with van der Waals surface area (Å²) in [5.74, 6) is 0.115. The third kappa shape index (κ3) is 4.02. The molecule has 2 aromatic carbocycles. The van der Waals surface area contributed by atoms with Crippen molar-refractivity contribution in [3.05, 3.63) is 63.2 Å². The van der Waals surface area contributed by atoms with Gasteiger partial charge in [0.1, 0.15) is 5.75 Å². The second-order valence-electron chi connectivity index (χ2n) is 8.11. The van der Waals surface area contributed by atoms with Crippen molar-refractivity contribution in [3.8, 4) is 5.75 Å². The zero-order valence-electron chi connectivity index (χ0n) is 16.9. The van der Waals surface area contributed by atoms with Gasteiger partial charge >= 0.3 is 6.18 Å². The number of halogens is 4. The van der Waals surface area contributed by atoms with E-state index in [1.54, 1.807) is 4.90 Å². The van der Waals surface area contributed by atoms with E-state index in [1.165, 1.54) is 12.1 Å². The highest BCUT2D eigenvalue weighted by molar-refractivity contribution is 6.30. The monoisotopic (exact) mass is 437 g/mol. The van der Waals surface area contributed by atoms with Crippen molar-refractivity contribution >= 4 is 17.5 Å². The molecule has 1 unspecified atom stereocenters. The number of benzene rings is 2. The first kappa shape index (κ1) is 21.0. The van der Waals surface area contributed by atoms with Crippen LogP contribution in [0.4, 0.5) is 13.2 Å². The van der Waals surface area contributed by atoms with Gasteiger partial charge in [0.2, 0.25) is 0 Å². The quantitative estimate of drug-likeness (QED) is 0.549. The Bertz CT molecular complexity index is 985. The van der Waals surface area contributed by atoms with Gasteiger partial charge in [0, 0.05) is 16.6 Å². The van der Waals surface area contributed by atoms with Crippen molar-refractivity contribution in [3.63, 3.8) is 0 Å². The predicted octanol–water partition coefficient (Wildman–Crippen LogP) is 6.49. The Morgan fingerprint density at radius 2 is 1.80 bits per heavy atom. The highest BCUT2D eigenvalue weighted by Gasteiger charge is 2.43. The van der Waals surface area contributed by atoms with Gasteiger partial charge in [-0.2, -0.15) is 13.2 Å². The van der Waals surface area contributed by atoms with Crippen LogP contribution in [0.3, 0.4) is 0 Å². The number of nitrogens with zero attached hydrogens (tertiary/aromatic N) is 1. The van der Waals surface area contributed by atoms with Crippen LogP contribution in [-0.4, -0.2) is 23.5 Å². The number of carbonyl (C=O) groups excluding carboxylic acids is 1. The average Bonchev–Trinajstić information content (AvgIpc) is 3.51. The highest BCUT2D eigenvalue weighted by Crippen LogP contribution is 2.44. The highest BCUT2D eigenvalue weighted by atomic mass is 35.5. The lowest BCUT2D eigenvalue weighted by Crippen LogP contribution is -2.38. The standard InChI is InChI=1S/C23H23ClF3NO2/c1-13-10-18-20(4-3-9-30-21(18)11-14(13)2)28(16-6-7-16)22(29)17-8-5-15(24)12-19(17)23(25,26)27/h5,8,10-12,16,20H,3-4,6-7,9H2,1-2H3. The third-order valence-corrected chi connectivity index (χ3v) is 6.13. The van der Waals surface area contributed by atoms with Gasteiger partial charge in [-0.1, -0.05) is 17.7 Å². The number of hydrogen-bond donors (Lipinski definition) is 0. The molecule has 1 heterocycles. The molecule has 3 nitrogen and oxygen atoms in total. The van der Waals surface area contributed by atoms with E-state index in [-0.39, 0.29) is 22.7 Å². The van der Waals surface area contributed by atoms with E-state index in [4.69, 9.17) is 16.3 Å². The van der Waals surface area contributed by atoms with Gasteiger partial charge in [0.25, 0.3) is 5.91 Å². The SMILES string of the molecule is Cc1cc2c(cc1C)C(N(C(=O)c1ccc(Cl)cc1C(F)(F)F)C1CC1)CCCO2. The van der Waals surface area contributed by atoms with Crippen LogP contribution in [0.25, 0.3) is 0 Å². The number of carbonyl (C=O) groups is 1. The fraction of sp³-hybridized carbons (Fsp3) is 0.435. The normalized spacial score (nSPS) is 18.9. The Hall–Kier alpha value is -2.21. The Labute approximate surface area is 178 Å². The summed E-state index contributed by atoms with van der Waals surface area (Å²) in [5.41, 5.74) is 1.68. The van der Waals surface area contributed by atoms with Crippen LogP contribution in [0, 0.1) is 13.8 Å². The van der Waals surface area contributed by atoms with Crippen LogP contribution in [0.2, 0.25) is 5.02 Å². The molecule has 7 heteroatoms. The molecule has 0 spiro atoms. The maximum atomic E-state index is 13.7. The second kappa shape index (κ2) is 7.80. The number of hydrogen-bond acceptors (Lipinski definition) is 2. The minimum Gasteiger partial charge on any atom is -0.493 e. The molecule has 160 valence electrons. The van der Waals surface area contributed by atoms with Gasteiger partial charge in [-0.15, -0.1) is 0 Å². The summed E-state index contributed by atoms with van der Waals surface area (Å²) in [7, 11) is 0. The van der Waals surface area contributed by atoms with Gasteiger partial charge in [-0.3, -0.25) is 4.79 Å². The van der Waals surface area contributed by atoms with Crippen molar-refractivity contribution in [2.75, 3.05) is 6.61 Å². The molecule has 1 saturated carbocycles. The minimum absolute atomic E-state index is 0.0452. The summed E-state index contributed by atoms with van der Waals surface area (Å²) in [6, 6.07) is 6.95. The lowest BCUT2D eigenvalue weighted by Gasteiger charge is -2.33. The van der Waals surface area contributed by atoms with Crippen LogP contribution in [0.15, 0.2) is 30.3 Å². The first-order valence-electron chi connectivity index (χ1n) is 10.1. The summed E-state index contributed by atoms with van der Waals surface area (Å²) >= 11 is 5.81. The topological polar surface area (TPSA) is 29.5 Å². The largest absolute Gasteiger partial charge is 0.493 e. The van der Waals surface area contributed by atoms with Crippen molar-refractivity contribution in [2.45, 2.75) is 57.8 Å². The summed E-state index contributed by atoms with van der Waals surface area (Å²) in [5, 5.41) is -0.0452. The van der Waals surface area contributed by atoms with Gasteiger partial charge in [-0.25, -0.2) is 0 Å². The molecule has 1 fully saturated rings. The number of amides is 1. The molecule has 4 rings (SSSR count). The zero-order chi connectivity index (χ0) is 21.6. The summed E-state index contributed by atoms with van der Waals surface area (Å²) < 4.78 is 46.9. The maximum Gasteiger partial charge on any atom is 0.417 e. The number of alkyl halides is 3. The van der Waals surface area contributed by atoms with Crippen molar-refractivity contribution in [1.82, 2.24) is 4.90 Å². The first-order valence-corrected chi connectivity index (χ1v) is 10.5. The third-order valence-electron chi connectivity index (χ3n) is 5.89. The molecule has 1 aliphatic heterocycles. The zero-order valence-corrected chi connectivity index (χ0v) is 17.6. The van der Waals surface area contributed by atoms with E-state index in [9.17, 15) is 18.0 Å². The molecule has 1 aliphatic carbocycles. The Morgan fingerprint density at radius 3 is 2.47 bits per heavy atom.